The summed E-state index contributed by atoms with van der Waals surface area (Å²) in [5.74, 6) is -1.00. The van der Waals surface area contributed by atoms with Gasteiger partial charge in [-0.1, -0.05) is 72.8 Å². The molecule has 5 heteroatoms. The number of aromatic nitrogens is 1. The van der Waals surface area contributed by atoms with Gasteiger partial charge in [-0.3, -0.25) is 9.78 Å². The molecular weight excluding hydrogens is 388 g/mol. The van der Waals surface area contributed by atoms with Gasteiger partial charge in [0.15, 0.2) is 6.61 Å². The van der Waals surface area contributed by atoms with E-state index in [1.807, 2.05) is 84.9 Å². The van der Waals surface area contributed by atoms with E-state index in [2.05, 4.69) is 10.3 Å². The van der Waals surface area contributed by atoms with Crippen molar-refractivity contribution in [2.45, 2.75) is 0 Å². The van der Waals surface area contributed by atoms with Gasteiger partial charge >= 0.3 is 5.97 Å². The predicted molar refractivity (Wildman–Crippen MR) is 122 cm³/mol. The van der Waals surface area contributed by atoms with Crippen LogP contribution in [0.2, 0.25) is 0 Å². The Morgan fingerprint density at radius 3 is 2.52 bits per heavy atom. The Morgan fingerprint density at radius 1 is 0.871 bits per heavy atom. The molecule has 1 amide bonds. The summed E-state index contributed by atoms with van der Waals surface area (Å²) in [5.41, 5.74) is 4.14. The molecule has 0 saturated heterocycles. The van der Waals surface area contributed by atoms with E-state index in [1.54, 1.807) is 12.3 Å². The fourth-order valence-electron chi connectivity index (χ4n) is 3.25. The average Bonchev–Trinajstić information content (AvgIpc) is 2.82. The zero-order valence-corrected chi connectivity index (χ0v) is 16.7. The summed E-state index contributed by atoms with van der Waals surface area (Å²) in [6, 6.07) is 26.8. The van der Waals surface area contributed by atoms with E-state index in [0.29, 0.717) is 5.69 Å². The molecule has 1 heterocycles. The Bertz CT molecular complexity index is 1240. The van der Waals surface area contributed by atoms with Crippen LogP contribution in [-0.2, 0) is 14.3 Å². The molecule has 3 aromatic carbocycles. The molecule has 4 rings (SSSR count). The van der Waals surface area contributed by atoms with Gasteiger partial charge in [-0.25, -0.2) is 4.79 Å². The Hall–Kier alpha value is -4.25. The maximum atomic E-state index is 12.3. The third-order valence-corrected chi connectivity index (χ3v) is 4.69. The number of nitrogens with one attached hydrogen (secondary N) is 1. The molecule has 0 spiro atoms. The predicted octanol–water partition coefficient (Wildman–Crippen LogP) is 5.10. The van der Waals surface area contributed by atoms with Crippen LogP contribution >= 0.6 is 0 Å². The number of hydrogen-bond acceptors (Lipinski definition) is 4. The van der Waals surface area contributed by atoms with E-state index in [-0.39, 0.29) is 6.61 Å². The van der Waals surface area contributed by atoms with Crippen molar-refractivity contribution in [2.75, 3.05) is 11.9 Å². The molecule has 0 atom stereocenters. The molecule has 4 aromatic rings. The van der Waals surface area contributed by atoms with Crippen molar-refractivity contribution in [3.8, 4) is 11.1 Å². The van der Waals surface area contributed by atoms with Crippen molar-refractivity contribution in [1.82, 2.24) is 4.98 Å². The molecule has 31 heavy (non-hydrogen) atoms. The Morgan fingerprint density at radius 2 is 1.65 bits per heavy atom. The number of carbonyl (C=O) groups excluding carboxylic acids is 2. The van der Waals surface area contributed by atoms with E-state index >= 15 is 0 Å². The molecule has 1 N–H and O–H groups in total. The Balaban J connectivity index is 1.37. The molecular formula is C26H20N2O3. The molecule has 0 unspecified atom stereocenters. The number of anilines is 1. The second kappa shape index (κ2) is 9.50. The second-order valence-electron chi connectivity index (χ2n) is 6.82. The summed E-state index contributed by atoms with van der Waals surface area (Å²) in [4.78, 5) is 28.8. The molecule has 1 aromatic heterocycles. The maximum Gasteiger partial charge on any atom is 0.331 e. The maximum absolute atomic E-state index is 12.3. The lowest BCUT2D eigenvalue weighted by molar-refractivity contribution is -0.142. The zero-order chi connectivity index (χ0) is 21.5. The molecule has 0 aliphatic heterocycles. The van der Waals surface area contributed by atoms with Crippen molar-refractivity contribution in [3.05, 3.63) is 103 Å². The van der Waals surface area contributed by atoms with Crippen LogP contribution in [0.15, 0.2) is 97.2 Å². The number of esters is 1. The third-order valence-electron chi connectivity index (χ3n) is 4.69. The molecule has 0 radical (unpaired) electrons. The van der Waals surface area contributed by atoms with Gasteiger partial charge < -0.3 is 10.1 Å². The first-order valence-corrected chi connectivity index (χ1v) is 9.83. The van der Waals surface area contributed by atoms with Crippen LogP contribution in [0.25, 0.3) is 28.1 Å². The molecule has 0 aliphatic rings. The van der Waals surface area contributed by atoms with Crippen molar-refractivity contribution in [1.29, 1.82) is 0 Å². The molecule has 152 valence electrons. The average molecular weight is 408 g/mol. The summed E-state index contributed by atoms with van der Waals surface area (Å²) in [5, 5.41) is 3.79. The highest BCUT2D eigenvalue weighted by molar-refractivity contribution is 5.98. The summed E-state index contributed by atoms with van der Waals surface area (Å²) in [7, 11) is 0. The monoisotopic (exact) mass is 408 g/mol. The van der Waals surface area contributed by atoms with Crippen molar-refractivity contribution in [3.63, 3.8) is 0 Å². The van der Waals surface area contributed by atoms with E-state index in [4.69, 9.17) is 4.74 Å². The number of nitrogens with zero attached hydrogens (tertiary/aromatic N) is 1. The van der Waals surface area contributed by atoms with Gasteiger partial charge in [-0.2, -0.15) is 0 Å². The number of rotatable bonds is 6. The largest absolute Gasteiger partial charge is 0.452 e. The first-order valence-electron chi connectivity index (χ1n) is 9.83. The lowest BCUT2D eigenvalue weighted by Crippen LogP contribution is -2.20. The number of ether oxygens (including phenoxy) is 1. The van der Waals surface area contributed by atoms with Crippen LogP contribution in [0.5, 0.6) is 0 Å². The number of hydrogen-bond donors (Lipinski definition) is 1. The molecule has 5 nitrogen and oxygen atoms in total. The normalized spacial score (nSPS) is 10.8. The lowest BCUT2D eigenvalue weighted by atomic mass is 10.0. The van der Waals surface area contributed by atoms with Crippen LogP contribution < -0.4 is 5.32 Å². The third kappa shape index (κ3) is 5.03. The van der Waals surface area contributed by atoms with Gasteiger partial charge in [0, 0.05) is 34.5 Å². The minimum Gasteiger partial charge on any atom is -0.452 e. The SMILES string of the molecule is O=C(COC(=O)/C=C\c1cccc2cccnc12)Nc1ccccc1-c1ccccc1. The molecule has 0 aliphatic carbocycles. The molecule has 0 saturated carbocycles. The highest BCUT2D eigenvalue weighted by atomic mass is 16.5. The first-order chi connectivity index (χ1) is 15.2. The van der Waals surface area contributed by atoms with Crippen LogP contribution in [0.1, 0.15) is 5.56 Å². The number of para-hydroxylation sites is 2. The van der Waals surface area contributed by atoms with Crippen molar-refractivity contribution >= 4 is 34.5 Å². The summed E-state index contributed by atoms with van der Waals surface area (Å²) in [6.07, 6.45) is 4.64. The van der Waals surface area contributed by atoms with Crippen LogP contribution in [0.3, 0.4) is 0 Å². The summed E-state index contributed by atoms with van der Waals surface area (Å²) in [6.45, 7) is -0.375. The fourth-order valence-corrected chi connectivity index (χ4v) is 3.25. The second-order valence-corrected chi connectivity index (χ2v) is 6.82. The van der Waals surface area contributed by atoms with E-state index < -0.39 is 11.9 Å². The first kappa shape index (κ1) is 20.0. The van der Waals surface area contributed by atoms with E-state index in [0.717, 1.165) is 27.6 Å². The highest BCUT2D eigenvalue weighted by Crippen LogP contribution is 2.27. The van der Waals surface area contributed by atoms with Crippen LogP contribution in [0.4, 0.5) is 5.69 Å². The minimum atomic E-state index is -0.598. The molecule has 0 bridgehead atoms. The number of carbonyl (C=O) groups is 2. The molecule has 0 fully saturated rings. The van der Waals surface area contributed by atoms with Gasteiger partial charge in [0.2, 0.25) is 0 Å². The van der Waals surface area contributed by atoms with Gasteiger partial charge in [-0.15, -0.1) is 0 Å². The van der Waals surface area contributed by atoms with Gasteiger partial charge in [0.25, 0.3) is 5.91 Å². The van der Waals surface area contributed by atoms with E-state index in [1.165, 1.54) is 6.08 Å². The number of amides is 1. The fraction of sp³-hybridized carbons (Fsp3) is 0.0385. The minimum absolute atomic E-state index is 0.375. The smallest absolute Gasteiger partial charge is 0.331 e. The number of pyridine rings is 1. The topological polar surface area (TPSA) is 68.3 Å². The van der Waals surface area contributed by atoms with Crippen LogP contribution in [0, 0.1) is 0 Å². The van der Waals surface area contributed by atoms with Gasteiger partial charge in [0.1, 0.15) is 0 Å². The quantitative estimate of drug-likeness (QED) is 0.356. The highest BCUT2D eigenvalue weighted by Gasteiger charge is 2.10. The number of benzene rings is 3. The van der Waals surface area contributed by atoms with Crippen LogP contribution in [-0.4, -0.2) is 23.5 Å². The van der Waals surface area contributed by atoms with E-state index in [9.17, 15) is 9.59 Å². The standard InChI is InChI=1S/C26H20N2O3/c29-24(28-23-14-5-4-13-22(23)19-8-2-1-3-9-19)18-31-25(30)16-15-21-11-6-10-20-12-7-17-27-26(20)21/h1-17H,18H2,(H,28,29)/b16-15-. The summed E-state index contributed by atoms with van der Waals surface area (Å²) >= 11 is 0. The number of fused-ring (bicyclic) bond motifs is 1. The Labute approximate surface area is 180 Å². The van der Waals surface area contributed by atoms with Crippen molar-refractivity contribution < 1.29 is 14.3 Å². The van der Waals surface area contributed by atoms with Gasteiger partial charge in [-0.05, 0) is 23.8 Å². The van der Waals surface area contributed by atoms with Gasteiger partial charge in [0.05, 0.1) is 5.52 Å². The summed E-state index contributed by atoms with van der Waals surface area (Å²) < 4.78 is 5.10. The lowest BCUT2D eigenvalue weighted by Gasteiger charge is -2.11. The Kier molecular flexibility index (Phi) is 6.14. The van der Waals surface area contributed by atoms with Crippen molar-refractivity contribution in [2.24, 2.45) is 0 Å². The zero-order valence-electron chi connectivity index (χ0n) is 16.7.